The van der Waals surface area contributed by atoms with Crippen molar-refractivity contribution < 1.29 is 9.21 Å². The highest BCUT2D eigenvalue weighted by Gasteiger charge is 2.20. The summed E-state index contributed by atoms with van der Waals surface area (Å²) in [5, 5.41) is 0. The normalized spacial score (nSPS) is 11.6. The first-order valence-corrected chi connectivity index (χ1v) is 6.83. The van der Waals surface area contributed by atoms with Crippen LogP contribution in [0.15, 0.2) is 16.5 Å². The van der Waals surface area contributed by atoms with Crippen LogP contribution in [0.25, 0.3) is 0 Å². The minimum Gasteiger partial charge on any atom is -0.466 e. The standard InChI is InChI=1S/C15H26N2O2/c1-12-8-9-13(19-12)6-5-7-14(18)17(4)11-15(2,3)10-16/h8-9H,5-7,10-11,16H2,1-4H3. The summed E-state index contributed by atoms with van der Waals surface area (Å²) >= 11 is 0. The summed E-state index contributed by atoms with van der Waals surface area (Å²) in [7, 11) is 1.84. The molecule has 0 unspecified atom stereocenters. The molecule has 0 aliphatic rings. The Labute approximate surface area is 116 Å². The molecule has 0 aliphatic carbocycles. The molecule has 0 atom stereocenters. The second kappa shape index (κ2) is 6.75. The van der Waals surface area contributed by atoms with Crippen molar-refractivity contribution in [1.82, 2.24) is 4.90 Å². The van der Waals surface area contributed by atoms with Gasteiger partial charge in [0.05, 0.1) is 0 Å². The van der Waals surface area contributed by atoms with E-state index in [1.807, 2.05) is 26.1 Å². The molecule has 0 aromatic carbocycles. The largest absolute Gasteiger partial charge is 0.466 e. The average molecular weight is 266 g/mol. The van der Waals surface area contributed by atoms with Gasteiger partial charge >= 0.3 is 0 Å². The number of aryl methyl sites for hydroxylation is 2. The number of nitrogens with two attached hydrogens (primary N) is 1. The molecule has 4 heteroatoms. The van der Waals surface area contributed by atoms with Crippen LogP contribution in [0.4, 0.5) is 0 Å². The summed E-state index contributed by atoms with van der Waals surface area (Å²) in [6.07, 6.45) is 2.18. The quantitative estimate of drug-likeness (QED) is 0.824. The molecule has 0 aliphatic heterocycles. The smallest absolute Gasteiger partial charge is 0.222 e. The molecule has 1 aromatic heterocycles. The van der Waals surface area contributed by atoms with Crippen molar-refractivity contribution in [1.29, 1.82) is 0 Å². The van der Waals surface area contributed by atoms with Gasteiger partial charge in [0.2, 0.25) is 5.91 Å². The zero-order chi connectivity index (χ0) is 14.5. The van der Waals surface area contributed by atoms with E-state index in [1.54, 1.807) is 4.90 Å². The van der Waals surface area contributed by atoms with Gasteiger partial charge in [-0.05, 0) is 37.4 Å². The molecule has 0 fully saturated rings. The number of amides is 1. The second-order valence-electron chi connectivity index (χ2n) is 5.98. The number of nitrogens with zero attached hydrogens (tertiary/aromatic N) is 1. The van der Waals surface area contributed by atoms with Gasteiger partial charge in [-0.25, -0.2) is 0 Å². The summed E-state index contributed by atoms with van der Waals surface area (Å²) in [5.41, 5.74) is 5.66. The summed E-state index contributed by atoms with van der Waals surface area (Å²) < 4.78 is 5.48. The van der Waals surface area contributed by atoms with Crippen molar-refractivity contribution in [2.45, 2.75) is 40.0 Å². The Morgan fingerprint density at radius 1 is 1.42 bits per heavy atom. The SMILES string of the molecule is Cc1ccc(CCCC(=O)N(C)CC(C)(C)CN)o1. The van der Waals surface area contributed by atoms with E-state index in [0.717, 1.165) is 24.4 Å². The van der Waals surface area contributed by atoms with Crippen LogP contribution in [0.2, 0.25) is 0 Å². The maximum Gasteiger partial charge on any atom is 0.222 e. The van der Waals surface area contributed by atoms with E-state index < -0.39 is 0 Å². The van der Waals surface area contributed by atoms with Crippen LogP contribution in [-0.4, -0.2) is 30.9 Å². The zero-order valence-electron chi connectivity index (χ0n) is 12.5. The third-order valence-electron chi connectivity index (χ3n) is 3.25. The maximum absolute atomic E-state index is 12.0. The van der Waals surface area contributed by atoms with E-state index in [9.17, 15) is 4.79 Å². The molecule has 19 heavy (non-hydrogen) atoms. The third kappa shape index (κ3) is 5.47. The van der Waals surface area contributed by atoms with Crippen molar-refractivity contribution in [3.05, 3.63) is 23.7 Å². The van der Waals surface area contributed by atoms with Crippen LogP contribution in [0.5, 0.6) is 0 Å². The number of furan rings is 1. The van der Waals surface area contributed by atoms with Crippen LogP contribution < -0.4 is 5.73 Å². The summed E-state index contributed by atoms with van der Waals surface area (Å²) in [6.45, 7) is 7.35. The van der Waals surface area contributed by atoms with E-state index in [-0.39, 0.29) is 11.3 Å². The van der Waals surface area contributed by atoms with E-state index >= 15 is 0 Å². The van der Waals surface area contributed by atoms with Crippen LogP contribution in [0.1, 0.15) is 38.2 Å². The first-order chi connectivity index (χ1) is 8.84. The fourth-order valence-electron chi connectivity index (χ4n) is 2.02. The van der Waals surface area contributed by atoms with Crippen molar-refractivity contribution in [2.75, 3.05) is 20.1 Å². The minimum absolute atomic E-state index is 0.0253. The Kier molecular flexibility index (Phi) is 5.60. The molecule has 108 valence electrons. The fourth-order valence-corrected chi connectivity index (χ4v) is 2.02. The molecule has 0 saturated carbocycles. The molecular weight excluding hydrogens is 240 g/mol. The third-order valence-corrected chi connectivity index (χ3v) is 3.25. The lowest BCUT2D eigenvalue weighted by molar-refractivity contribution is -0.131. The summed E-state index contributed by atoms with van der Waals surface area (Å²) in [5.74, 6) is 2.04. The Morgan fingerprint density at radius 3 is 2.63 bits per heavy atom. The van der Waals surface area contributed by atoms with Gasteiger partial charge in [0, 0.05) is 26.4 Å². The van der Waals surface area contributed by atoms with Gasteiger partial charge < -0.3 is 15.1 Å². The highest BCUT2D eigenvalue weighted by Crippen LogP contribution is 2.15. The number of hydrogen-bond donors (Lipinski definition) is 1. The van der Waals surface area contributed by atoms with Crippen molar-refractivity contribution in [2.24, 2.45) is 11.1 Å². The molecule has 2 N–H and O–H groups in total. The van der Waals surface area contributed by atoms with Gasteiger partial charge in [0.25, 0.3) is 0 Å². The van der Waals surface area contributed by atoms with Crippen molar-refractivity contribution in [3.63, 3.8) is 0 Å². The van der Waals surface area contributed by atoms with Gasteiger partial charge in [-0.1, -0.05) is 13.8 Å². The Hall–Kier alpha value is -1.29. The first kappa shape index (κ1) is 15.8. The number of carbonyl (C=O) groups is 1. The molecule has 1 heterocycles. The molecule has 0 radical (unpaired) electrons. The molecule has 4 nitrogen and oxygen atoms in total. The Morgan fingerprint density at radius 2 is 2.11 bits per heavy atom. The number of rotatable bonds is 7. The number of hydrogen-bond acceptors (Lipinski definition) is 3. The molecule has 1 rings (SSSR count). The monoisotopic (exact) mass is 266 g/mol. The highest BCUT2D eigenvalue weighted by molar-refractivity contribution is 5.75. The number of carbonyl (C=O) groups excluding carboxylic acids is 1. The van der Waals surface area contributed by atoms with Crippen molar-refractivity contribution in [3.8, 4) is 0 Å². The van der Waals surface area contributed by atoms with Gasteiger partial charge in [0.15, 0.2) is 0 Å². The lowest BCUT2D eigenvalue weighted by Gasteiger charge is -2.29. The Balaban J connectivity index is 2.31. The molecule has 0 spiro atoms. The van der Waals surface area contributed by atoms with E-state index in [1.165, 1.54) is 0 Å². The first-order valence-electron chi connectivity index (χ1n) is 6.83. The summed E-state index contributed by atoms with van der Waals surface area (Å²) in [6, 6.07) is 3.92. The fraction of sp³-hybridized carbons (Fsp3) is 0.667. The highest BCUT2D eigenvalue weighted by atomic mass is 16.3. The second-order valence-corrected chi connectivity index (χ2v) is 5.98. The van der Waals surface area contributed by atoms with Crippen LogP contribution in [0.3, 0.4) is 0 Å². The molecule has 0 bridgehead atoms. The predicted octanol–water partition coefficient (Wildman–Crippen LogP) is 2.35. The van der Waals surface area contributed by atoms with E-state index in [0.29, 0.717) is 19.5 Å². The lowest BCUT2D eigenvalue weighted by Crippen LogP contribution is -2.39. The molecule has 0 saturated heterocycles. The van der Waals surface area contributed by atoms with Crippen LogP contribution in [0, 0.1) is 12.3 Å². The molecular formula is C15H26N2O2. The topological polar surface area (TPSA) is 59.5 Å². The van der Waals surface area contributed by atoms with E-state index in [4.69, 9.17) is 10.2 Å². The average Bonchev–Trinajstić information content (AvgIpc) is 2.74. The van der Waals surface area contributed by atoms with Gasteiger partial charge in [-0.2, -0.15) is 0 Å². The summed E-state index contributed by atoms with van der Waals surface area (Å²) in [4.78, 5) is 13.8. The lowest BCUT2D eigenvalue weighted by atomic mass is 9.93. The molecule has 1 amide bonds. The minimum atomic E-state index is -0.0253. The van der Waals surface area contributed by atoms with Gasteiger partial charge in [0.1, 0.15) is 11.5 Å². The van der Waals surface area contributed by atoms with Crippen molar-refractivity contribution >= 4 is 5.91 Å². The Bertz CT molecular complexity index is 410. The van der Waals surface area contributed by atoms with Crippen LogP contribution in [-0.2, 0) is 11.2 Å². The maximum atomic E-state index is 12.0. The van der Waals surface area contributed by atoms with Crippen LogP contribution >= 0.6 is 0 Å². The van der Waals surface area contributed by atoms with E-state index in [2.05, 4.69) is 13.8 Å². The predicted molar refractivity (Wildman–Crippen MR) is 76.9 cm³/mol. The van der Waals surface area contributed by atoms with Gasteiger partial charge in [-0.3, -0.25) is 4.79 Å². The molecule has 1 aromatic rings. The zero-order valence-corrected chi connectivity index (χ0v) is 12.5. The van der Waals surface area contributed by atoms with Gasteiger partial charge in [-0.15, -0.1) is 0 Å².